The highest BCUT2D eigenvalue weighted by Gasteiger charge is 2.51. The minimum atomic E-state index is -0.380. The molecule has 2 heterocycles. The Labute approximate surface area is 135 Å². The Morgan fingerprint density at radius 3 is 2.41 bits per heavy atom. The smallest absolute Gasteiger partial charge is 0.399 e. The van der Waals surface area contributed by atoms with Crippen LogP contribution in [0.2, 0.25) is 0 Å². The van der Waals surface area contributed by atoms with E-state index < -0.39 is 0 Å². The molecule has 0 amide bonds. The first-order valence-electron chi connectivity index (χ1n) is 7.28. The third-order valence-electron chi connectivity index (χ3n) is 4.49. The molecule has 0 bridgehead atoms. The van der Waals surface area contributed by atoms with E-state index in [0.717, 1.165) is 21.5 Å². The molecule has 2 aromatic rings. The van der Waals surface area contributed by atoms with Crippen molar-refractivity contribution in [2.45, 2.75) is 38.9 Å². The molecule has 1 aliphatic heterocycles. The van der Waals surface area contributed by atoms with Crippen LogP contribution in [-0.2, 0) is 9.31 Å². The molecule has 1 saturated heterocycles. The van der Waals surface area contributed by atoms with Crippen LogP contribution in [-0.4, -0.2) is 18.3 Å². The van der Waals surface area contributed by atoms with Crippen LogP contribution in [0, 0.1) is 11.3 Å². The zero-order valence-electron chi connectivity index (χ0n) is 13.2. The quantitative estimate of drug-likeness (QED) is 0.796. The van der Waals surface area contributed by atoms with Crippen LogP contribution < -0.4 is 5.46 Å². The maximum Gasteiger partial charge on any atom is 0.494 e. The van der Waals surface area contributed by atoms with Gasteiger partial charge in [0.1, 0.15) is 10.9 Å². The van der Waals surface area contributed by atoms with Gasteiger partial charge in [0, 0.05) is 5.56 Å². The monoisotopic (exact) mass is 311 g/mol. The lowest BCUT2D eigenvalue weighted by Gasteiger charge is -2.32. The lowest BCUT2D eigenvalue weighted by molar-refractivity contribution is 0.00578. The summed E-state index contributed by atoms with van der Waals surface area (Å²) < 4.78 is 12.2. The average molecular weight is 311 g/mol. The van der Waals surface area contributed by atoms with Gasteiger partial charge in [0.25, 0.3) is 0 Å². The largest absolute Gasteiger partial charge is 0.494 e. The number of benzene rings is 1. The van der Waals surface area contributed by atoms with Crippen molar-refractivity contribution >= 4 is 23.9 Å². The average Bonchev–Trinajstić information content (AvgIpc) is 3.02. The summed E-state index contributed by atoms with van der Waals surface area (Å²) in [5.74, 6) is 0. The highest BCUT2D eigenvalue weighted by Crippen LogP contribution is 2.36. The molecule has 3 rings (SSSR count). The second kappa shape index (κ2) is 5.24. The van der Waals surface area contributed by atoms with Crippen LogP contribution in [0.15, 0.2) is 35.7 Å². The van der Waals surface area contributed by atoms with Crippen LogP contribution in [0.3, 0.4) is 0 Å². The van der Waals surface area contributed by atoms with E-state index in [4.69, 9.17) is 9.31 Å². The van der Waals surface area contributed by atoms with Crippen LogP contribution >= 0.6 is 11.3 Å². The molecule has 0 aliphatic carbocycles. The first-order chi connectivity index (χ1) is 10.3. The molecule has 112 valence electrons. The van der Waals surface area contributed by atoms with Crippen LogP contribution in [0.4, 0.5) is 0 Å². The Balaban J connectivity index is 1.95. The van der Waals surface area contributed by atoms with Gasteiger partial charge in [0.15, 0.2) is 0 Å². The fraction of sp³-hybridized carbons (Fsp3) is 0.353. The maximum absolute atomic E-state index is 9.20. The van der Waals surface area contributed by atoms with E-state index in [0.29, 0.717) is 0 Å². The molecular formula is C17H18BNO2S. The second-order valence-corrected chi connectivity index (χ2v) is 7.41. The van der Waals surface area contributed by atoms with Crippen LogP contribution in [0.25, 0.3) is 11.1 Å². The number of thiophene rings is 1. The lowest BCUT2D eigenvalue weighted by Crippen LogP contribution is -2.41. The summed E-state index contributed by atoms with van der Waals surface area (Å²) in [7, 11) is -0.380. The van der Waals surface area contributed by atoms with Gasteiger partial charge in [-0.25, -0.2) is 0 Å². The molecule has 0 atom stereocenters. The van der Waals surface area contributed by atoms with Gasteiger partial charge in [-0.1, -0.05) is 24.3 Å². The number of hydrogen-bond acceptors (Lipinski definition) is 4. The Bertz CT molecular complexity index is 729. The number of nitrogens with zero attached hydrogens (tertiary/aromatic N) is 1. The van der Waals surface area contributed by atoms with Crippen molar-refractivity contribution in [3.63, 3.8) is 0 Å². The van der Waals surface area contributed by atoms with E-state index in [2.05, 4.69) is 6.07 Å². The van der Waals surface area contributed by atoms with Gasteiger partial charge in [-0.3, -0.25) is 0 Å². The summed E-state index contributed by atoms with van der Waals surface area (Å²) in [5, 5.41) is 11.1. The molecule has 0 saturated carbocycles. The highest BCUT2D eigenvalue weighted by atomic mass is 32.1. The molecule has 0 N–H and O–H groups in total. The van der Waals surface area contributed by atoms with E-state index in [1.165, 1.54) is 11.3 Å². The molecule has 0 radical (unpaired) electrons. The summed E-state index contributed by atoms with van der Waals surface area (Å²) in [6.45, 7) is 8.18. The Morgan fingerprint density at radius 2 is 1.77 bits per heavy atom. The van der Waals surface area contributed by atoms with Crippen LogP contribution in [0.1, 0.15) is 32.6 Å². The van der Waals surface area contributed by atoms with Gasteiger partial charge < -0.3 is 9.31 Å². The predicted octanol–water partition coefficient (Wildman–Crippen LogP) is 3.59. The van der Waals surface area contributed by atoms with Crippen molar-refractivity contribution in [3.8, 4) is 17.2 Å². The molecule has 0 spiro atoms. The highest BCUT2D eigenvalue weighted by molar-refractivity contribution is 7.11. The summed E-state index contributed by atoms with van der Waals surface area (Å²) in [6, 6.07) is 12.3. The molecule has 0 unspecified atom stereocenters. The van der Waals surface area contributed by atoms with Crippen LogP contribution in [0.5, 0.6) is 0 Å². The number of rotatable bonds is 2. The van der Waals surface area contributed by atoms with Gasteiger partial charge in [-0.15, -0.1) is 11.3 Å². The van der Waals surface area contributed by atoms with E-state index in [9.17, 15) is 5.26 Å². The number of nitriles is 1. The molecular weight excluding hydrogens is 293 g/mol. The summed E-state index contributed by atoms with van der Waals surface area (Å²) >= 11 is 1.46. The molecule has 5 heteroatoms. The van der Waals surface area contributed by atoms with E-state index >= 15 is 0 Å². The molecule has 1 aromatic carbocycles. The number of hydrogen-bond donors (Lipinski definition) is 0. The zero-order chi connectivity index (χ0) is 16.0. The van der Waals surface area contributed by atoms with Crippen molar-refractivity contribution in [2.75, 3.05) is 0 Å². The Hall–Kier alpha value is -1.61. The van der Waals surface area contributed by atoms with Gasteiger partial charge >= 0.3 is 7.12 Å². The third kappa shape index (κ3) is 2.48. The first-order valence-corrected chi connectivity index (χ1v) is 8.15. The Kier molecular flexibility index (Phi) is 3.64. The van der Waals surface area contributed by atoms with Gasteiger partial charge in [-0.05, 0) is 50.2 Å². The predicted molar refractivity (Wildman–Crippen MR) is 90.2 cm³/mol. The lowest BCUT2D eigenvalue weighted by atomic mass is 9.78. The van der Waals surface area contributed by atoms with Crippen molar-refractivity contribution < 1.29 is 9.31 Å². The minimum absolute atomic E-state index is 0.353. The minimum Gasteiger partial charge on any atom is -0.399 e. The standard InChI is InChI=1S/C17H18BNO2S/c1-16(2)17(3,4)21-18(20-16)13-7-5-6-12(10-13)14-8-9-22-15(14)11-19/h5-10H,1-4H3. The normalized spacial score (nSPS) is 19.1. The van der Waals surface area contributed by atoms with E-state index in [-0.39, 0.29) is 18.3 Å². The fourth-order valence-electron chi connectivity index (χ4n) is 2.46. The zero-order valence-corrected chi connectivity index (χ0v) is 14.0. The topological polar surface area (TPSA) is 42.2 Å². The molecule has 1 aromatic heterocycles. The third-order valence-corrected chi connectivity index (χ3v) is 5.31. The fourth-order valence-corrected chi connectivity index (χ4v) is 3.16. The van der Waals surface area contributed by atoms with Crippen molar-refractivity contribution in [1.82, 2.24) is 0 Å². The molecule has 1 aliphatic rings. The molecule has 22 heavy (non-hydrogen) atoms. The first kappa shape index (κ1) is 15.3. The molecule has 3 nitrogen and oxygen atoms in total. The van der Waals surface area contributed by atoms with E-state index in [1.54, 1.807) is 0 Å². The van der Waals surface area contributed by atoms with E-state index in [1.807, 2.05) is 63.4 Å². The molecule has 1 fully saturated rings. The van der Waals surface area contributed by atoms with Crippen molar-refractivity contribution in [3.05, 3.63) is 40.6 Å². The van der Waals surface area contributed by atoms with Gasteiger partial charge in [-0.2, -0.15) is 5.26 Å². The van der Waals surface area contributed by atoms with Crippen molar-refractivity contribution in [2.24, 2.45) is 0 Å². The SMILES string of the molecule is CC1(C)OB(c2cccc(-c3ccsc3C#N)c2)OC1(C)C. The van der Waals surface area contributed by atoms with Gasteiger partial charge in [0.2, 0.25) is 0 Å². The van der Waals surface area contributed by atoms with Crippen molar-refractivity contribution in [1.29, 1.82) is 5.26 Å². The Morgan fingerprint density at radius 1 is 1.09 bits per heavy atom. The maximum atomic E-state index is 9.20. The summed E-state index contributed by atoms with van der Waals surface area (Å²) in [6.07, 6.45) is 0. The summed E-state index contributed by atoms with van der Waals surface area (Å²) in [4.78, 5) is 0.728. The van der Waals surface area contributed by atoms with Gasteiger partial charge in [0.05, 0.1) is 11.2 Å². The summed E-state index contributed by atoms with van der Waals surface area (Å²) in [5.41, 5.74) is 2.25. The second-order valence-electron chi connectivity index (χ2n) is 6.49.